The lowest BCUT2D eigenvalue weighted by Crippen LogP contribution is -1.70. The van der Waals surface area contributed by atoms with E-state index >= 15 is 0 Å². The summed E-state index contributed by atoms with van der Waals surface area (Å²) in [4.78, 5) is 0. The molecule has 0 aromatic carbocycles. The molecule has 0 aromatic heterocycles. The smallest absolute Gasteiger partial charge is 0.111 e. The van der Waals surface area contributed by atoms with Gasteiger partial charge in [0.25, 0.3) is 0 Å². The van der Waals surface area contributed by atoms with Crippen molar-refractivity contribution in [3.05, 3.63) is 36.1 Å². The van der Waals surface area contributed by atoms with Gasteiger partial charge < -0.3 is 5.11 Å². The fourth-order valence-electron chi connectivity index (χ4n) is 0.324. The van der Waals surface area contributed by atoms with Crippen LogP contribution in [0.25, 0.3) is 0 Å². The summed E-state index contributed by atoms with van der Waals surface area (Å²) in [6, 6.07) is 0. The zero-order chi connectivity index (χ0) is 7.28. The molecule has 0 bridgehead atoms. The van der Waals surface area contributed by atoms with E-state index in [4.69, 9.17) is 5.11 Å². The average Bonchev–Trinajstić information content (AvgIpc) is 1.83. The number of aliphatic hydroxyl groups excluding tert-OH is 1. The van der Waals surface area contributed by atoms with E-state index in [0.29, 0.717) is 0 Å². The highest BCUT2D eigenvalue weighted by molar-refractivity contribution is 5.19. The number of allylic oxidation sites excluding steroid dienone is 4. The molecule has 50 valence electrons. The third-order valence-electron chi connectivity index (χ3n) is 0.834. The Labute approximate surface area is 56.0 Å². The normalized spacial score (nSPS) is 12.4. The van der Waals surface area contributed by atoms with Gasteiger partial charge in [-0.2, -0.15) is 0 Å². The summed E-state index contributed by atoms with van der Waals surface area (Å²) in [6.07, 6.45) is 5.00. The molecule has 0 saturated heterocycles. The van der Waals surface area contributed by atoms with Crippen molar-refractivity contribution in [2.24, 2.45) is 0 Å². The fraction of sp³-hybridized carbons (Fsp3) is 0.250. The Morgan fingerprint density at radius 2 is 2.00 bits per heavy atom. The Morgan fingerprint density at radius 3 is 2.33 bits per heavy atom. The maximum atomic E-state index is 8.84. The largest absolute Gasteiger partial charge is 0.508 e. The highest BCUT2D eigenvalue weighted by Gasteiger charge is 1.78. The van der Waals surface area contributed by atoms with E-state index in [-0.39, 0.29) is 5.76 Å². The summed E-state index contributed by atoms with van der Waals surface area (Å²) in [6.45, 7) is 7.29. The maximum Gasteiger partial charge on any atom is 0.111 e. The molecule has 0 atom stereocenters. The standard InChI is InChI=1S/C8H12O/c1-4-8(9)6-5-7(2)3/h4-6,9H,2H2,1,3H3/b6-5-,8-4+. The van der Waals surface area contributed by atoms with Crippen LogP contribution in [0.5, 0.6) is 0 Å². The van der Waals surface area contributed by atoms with E-state index in [1.165, 1.54) is 0 Å². The van der Waals surface area contributed by atoms with E-state index in [1.807, 2.05) is 6.92 Å². The Hall–Kier alpha value is -0.980. The molecule has 0 saturated carbocycles. The third kappa shape index (κ3) is 4.88. The van der Waals surface area contributed by atoms with Gasteiger partial charge in [0.1, 0.15) is 5.76 Å². The predicted octanol–water partition coefficient (Wildman–Crippen LogP) is 2.58. The number of hydrogen-bond acceptors (Lipinski definition) is 1. The molecule has 0 spiro atoms. The molecule has 0 rings (SSSR count). The molecular weight excluding hydrogens is 112 g/mol. The molecule has 0 amide bonds. The molecule has 1 nitrogen and oxygen atoms in total. The third-order valence-corrected chi connectivity index (χ3v) is 0.834. The van der Waals surface area contributed by atoms with Crippen LogP contribution in [0.4, 0.5) is 0 Å². The van der Waals surface area contributed by atoms with Crippen molar-refractivity contribution in [3.8, 4) is 0 Å². The molecule has 1 heteroatoms. The Bertz CT molecular complexity index is 152. The van der Waals surface area contributed by atoms with Gasteiger partial charge in [0, 0.05) is 0 Å². The molecule has 9 heavy (non-hydrogen) atoms. The first-order valence-corrected chi connectivity index (χ1v) is 2.85. The van der Waals surface area contributed by atoms with Crippen molar-refractivity contribution in [2.75, 3.05) is 0 Å². The highest BCUT2D eigenvalue weighted by Crippen LogP contribution is 1.94. The Kier molecular flexibility index (Phi) is 3.52. The summed E-state index contributed by atoms with van der Waals surface area (Å²) in [5.74, 6) is 0.276. The highest BCUT2D eigenvalue weighted by atomic mass is 16.3. The van der Waals surface area contributed by atoms with Crippen LogP contribution in [0.2, 0.25) is 0 Å². The van der Waals surface area contributed by atoms with Gasteiger partial charge in [0.15, 0.2) is 0 Å². The van der Waals surface area contributed by atoms with Gasteiger partial charge in [-0.05, 0) is 26.0 Å². The van der Waals surface area contributed by atoms with Crippen molar-refractivity contribution in [1.82, 2.24) is 0 Å². The lowest BCUT2D eigenvalue weighted by Gasteiger charge is -1.86. The van der Waals surface area contributed by atoms with Crippen molar-refractivity contribution in [1.29, 1.82) is 0 Å². The molecule has 0 aliphatic carbocycles. The molecule has 1 N–H and O–H groups in total. The van der Waals surface area contributed by atoms with Crippen LogP contribution in [-0.4, -0.2) is 5.11 Å². The molecule has 0 aromatic rings. The lowest BCUT2D eigenvalue weighted by molar-refractivity contribution is 0.431. The van der Waals surface area contributed by atoms with Gasteiger partial charge in [0.05, 0.1) is 0 Å². The first-order valence-electron chi connectivity index (χ1n) is 2.85. The number of hydrogen-bond donors (Lipinski definition) is 1. The van der Waals surface area contributed by atoms with Crippen LogP contribution in [0.15, 0.2) is 36.1 Å². The summed E-state index contributed by atoms with van der Waals surface area (Å²) >= 11 is 0. The van der Waals surface area contributed by atoms with Crippen molar-refractivity contribution < 1.29 is 5.11 Å². The first-order chi connectivity index (χ1) is 4.16. The van der Waals surface area contributed by atoms with Crippen LogP contribution in [0.3, 0.4) is 0 Å². The zero-order valence-electron chi connectivity index (χ0n) is 5.89. The Morgan fingerprint density at radius 1 is 1.44 bits per heavy atom. The van der Waals surface area contributed by atoms with Gasteiger partial charge in [-0.3, -0.25) is 0 Å². The van der Waals surface area contributed by atoms with Crippen LogP contribution < -0.4 is 0 Å². The molecule has 0 unspecified atom stereocenters. The second-order valence-corrected chi connectivity index (χ2v) is 1.89. The van der Waals surface area contributed by atoms with Crippen LogP contribution in [0, 0.1) is 0 Å². The maximum absolute atomic E-state index is 8.84. The lowest BCUT2D eigenvalue weighted by atomic mass is 10.3. The Balaban J connectivity index is 3.86. The van der Waals surface area contributed by atoms with Crippen LogP contribution in [0.1, 0.15) is 13.8 Å². The quantitative estimate of drug-likeness (QED) is 0.443. The molecule has 0 heterocycles. The van der Waals surface area contributed by atoms with Gasteiger partial charge >= 0.3 is 0 Å². The minimum atomic E-state index is 0.276. The minimum Gasteiger partial charge on any atom is -0.508 e. The zero-order valence-corrected chi connectivity index (χ0v) is 5.89. The van der Waals surface area contributed by atoms with E-state index in [1.54, 1.807) is 25.2 Å². The summed E-state index contributed by atoms with van der Waals surface area (Å²) < 4.78 is 0. The SMILES string of the molecule is C=C(C)/C=C\C(O)=C/C. The van der Waals surface area contributed by atoms with Gasteiger partial charge in [0.2, 0.25) is 0 Å². The summed E-state index contributed by atoms with van der Waals surface area (Å²) in [7, 11) is 0. The molecular formula is C8H12O. The minimum absolute atomic E-state index is 0.276. The predicted molar refractivity (Wildman–Crippen MR) is 40.3 cm³/mol. The van der Waals surface area contributed by atoms with Gasteiger partial charge in [-0.1, -0.05) is 18.2 Å². The molecule has 0 aliphatic rings. The van der Waals surface area contributed by atoms with E-state index < -0.39 is 0 Å². The molecule has 0 fully saturated rings. The van der Waals surface area contributed by atoms with E-state index in [2.05, 4.69) is 6.58 Å². The number of rotatable bonds is 2. The van der Waals surface area contributed by atoms with Crippen molar-refractivity contribution >= 4 is 0 Å². The van der Waals surface area contributed by atoms with E-state index in [0.717, 1.165) is 5.57 Å². The van der Waals surface area contributed by atoms with Crippen LogP contribution >= 0.6 is 0 Å². The van der Waals surface area contributed by atoms with Gasteiger partial charge in [-0.15, -0.1) is 0 Å². The first kappa shape index (κ1) is 8.02. The number of aliphatic hydroxyl groups is 1. The monoisotopic (exact) mass is 124 g/mol. The fourth-order valence-corrected chi connectivity index (χ4v) is 0.324. The molecule has 0 aliphatic heterocycles. The second kappa shape index (κ2) is 3.96. The van der Waals surface area contributed by atoms with Crippen LogP contribution in [-0.2, 0) is 0 Å². The van der Waals surface area contributed by atoms with Crippen molar-refractivity contribution in [2.45, 2.75) is 13.8 Å². The molecule has 0 radical (unpaired) electrons. The average molecular weight is 124 g/mol. The van der Waals surface area contributed by atoms with Gasteiger partial charge in [-0.25, -0.2) is 0 Å². The summed E-state index contributed by atoms with van der Waals surface area (Å²) in [5, 5.41) is 8.84. The summed E-state index contributed by atoms with van der Waals surface area (Å²) in [5.41, 5.74) is 0.934. The topological polar surface area (TPSA) is 20.2 Å². The second-order valence-electron chi connectivity index (χ2n) is 1.89. The van der Waals surface area contributed by atoms with Crippen molar-refractivity contribution in [3.63, 3.8) is 0 Å². The van der Waals surface area contributed by atoms with E-state index in [9.17, 15) is 0 Å².